The van der Waals surface area contributed by atoms with Crippen molar-refractivity contribution in [3.63, 3.8) is 0 Å². The molecule has 2 fully saturated rings. The first-order chi connectivity index (χ1) is 15.0. The maximum Gasteiger partial charge on any atom is 0.258 e. The van der Waals surface area contributed by atoms with Gasteiger partial charge in [0.15, 0.2) is 4.96 Å². The van der Waals surface area contributed by atoms with Gasteiger partial charge in [-0.1, -0.05) is 25.0 Å². The van der Waals surface area contributed by atoms with E-state index in [2.05, 4.69) is 9.88 Å². The Kier molecular flexibility index (Phi) is 5.35. The van der Waals surface area contributed by atoms with Crippen LogP contribution >= 0.6 is 11.3 Å². The van der Waals surface area contributed by atoms with Gasteiger partial charge in [-0.05, 0) is 30.5 Å². The van der Waals surface area contributed by atoms with Gasteiger partial charge >= 0.3 is 0 Å². The summed E-state index contributed by atoms with van der Waals surface area (Å²) in [4.78, 5) is 35.3. The van der Waals surface area contributed by atoms with E-state index in [1.807, 2.05) is 16.3 Å². The molecule has 0 unspecified atom stereocenters. The fraction of sp³-hybridized carbons (Fsp3) is 0.435. The van der Waals surface area contributed by atoms with Gasteiger partial charge < -0.3 is 4.90 Å². The number of nitrogens with zero attached hydrogens (tertiary/aromatic N) is 4. The SMILES string of the molecule is O=C(N1CCN(Cc2cc(=O)n3ccsc3n2)CC1)C1(c2cccc(F)c2)CCCC1. The maximum absolute atomic E-state index is 13.9. The van der Waals surface area contributed by atoms with E-state index in [9.17, 15) is 14.0 Å². The van der Waals surface area contributed by atoms with Gasteiger partial charge in [-0.3, -0.25) is 18.9 Å². The van der Waals surface area contributed by atoms with Gasteiger partial charge in [0.05, 0.1) is 11.1 Å². The van der Waals surface area contributed by atoms with Crippen molar-refractivity contribution in [1.82, 2.24) is 19.2 Å². The number of thiazole rings is 1. The summed E-state index contributed by atoms with van der Waals surface area (Å²) in [5, 5.41) is 1.86. The van der Waals surface area contributed by atoms with Gasteiger partial charge in [0.25, 0.3) is 5.56 Å². The molecule has 1 aliphatic carbocycles. The quantitative estimate of drug-likeness (QED) is 0.626. The molecule has 1 aliphatic heterocycles. The van der Waals surface area contributed by atoms with Gasteiger partial charge in [0.1, 0.15) is 5.82 Å². The molecule has 8 heteroatoms. The second-order valence-corrected chi connectivity index (χ2v) is 9.38. The highest BCUT2D eigenvalue weighted by Gasteiger charge is 2.45. The number of carbonyl (C=O) groups is 1. The Balaban J connectivity index is 1.28. The van der Waals surface area contributed by atoms with E-state index >= 15 is 0 Å². The number of fused-ring (bicyclic) bond motifs is 1. The van der Waals surface area contributed by atoms with E-state index in [0.717, 1.165) is 50.0 Å². The third-order valence-corrected chi connectivity index (χ3v) is 7.40. The molecule has 1 saturated heterocycles. The monoisotopic (exact) mass is 440 g/mol. The summed E-state index contributed by atoms with van der Waals surface area (Å²) in [6, 6.07) is 8.16. The molecule has 5 rings (SSSR count). The summed E-state index contributed by atoms with van der Waals surface area (Å²) in [6.07, 6.45) is 5.29. The molecule has 0 atom stereocenters. The number of amides is 1. The second-order valence-electron chi connectivity index (χ2n) is 8.51. The summed E-state index contributed by atoms with van der Waals surface area (Å²) < 4.78 is 15.5. The molecular formula is C23H25FN4O2S. The summed E-state index contributed by atoms with van der Waals surface area (Å²) in [6.45, 7) is 3.33. The fourth-order valence-electron chi connectivity index (χ4n) is 5.00. The molecule has 2 aromatic heterocycles. The second kappa shape index (κ2) is 8.16. The van der Waals surface area contributed by atoms with E-state index in [0.29, 0.717) is 24.6 Å². The molecular weight excluding hydrogens is 415 g/mol. The van der Waals surface area contributed by atoms with Crippen LogP contribution in [-0.4, -0.2) is 51.3 Å². The predicted molar refractivity (Wildman–Crippen MR) is 118 cm³/mol. The third-order valence-electron chi connectivity index (χ3n) is 6.65. The zero-order valence-electron chi connectivity index (χ0n) is 17.3. The van der Waals surface area contributed by atoms with Gasteiger partial charge in [-0.2, -0.15) is 0 Å². The highest BCUT2D eigenvalue weighted by molar-refractivity contribution is 7.15. The standard InChI is InChI=1S/C23H25FN4O2S/c24-18-5-3-4-17(14-18)23(6-1-2-7-23)21(30)27-10-8-26(9-11-27)16-19-15-20(29)28-12-13-31-22(28)25-19/h3-5,12-15H,1-2,6-11,16H2. The number of rotatable bonds is 4. The van der Waals surface area contributed by atoms with Crippen LogP contribution < -0.4 is 5.56 Å². The Hall–Kier alpha value is -2.58. The molecule has 0 N–H and O–H groups in total. The minimum absolute atomic E-state index is 0.0617. The van der Waals surface area contributed by atoms with Crippen molar-refractivity contribution in [2.75, 3.05) is 26.2 Å². The van der Waals surface area contributed by atoms with Crippen LogP contribution in [0.25, 0.3) is 4.96 Å². The molecule has 1 saturated carbocycles. The topological polar surface area (TPSA) is 57.9 Å². The average molecular weight is 441 g/mol. The zero-order chi connectivity index (χ0) is 21.4. The lowest BCUT2D eigenvalue weighted by Crippen LogP contribution is -2.53. The van der Waals surface area contributed by atoms with Crippen LogP contribution in [0.3, 0.4) is 0 Å². The Morgan fingerprint density at radius 1 is 1.13 bits per heavy atom. The lowest BCUT2D eigenvalue weighted by molar-refractivity contribution is -0.139. The molecule has 31 heavy (non-hydrogen) atoms. The van der Waals surface area contributed by atoms with E-state index in [4.69, 9.17) is 0 Å². The molecule has 162 valence electrons. The summed E-state index contributed by atoms with van der Waals surface area (Å²) >= 11 is 1.45. The van der Waals surface area contributed by atoms with Gasteiger partial charge in [0.2, 0.25) is 5.91 Å². The minimum Gasteiger partial charge on any atom is -0.339 e. The van der Waals surface area contributed by atoms with E-state index < -0.39 is 5.41 Å². The van der Waals surface area contributed by atoms with E-state index in [1.165, 1.54) is 23.5 Å². The van der Waals surface area contributed by atoms with E-state index in [1.54, 1.807) is 22.7 Å². The molecule has 3 heterocycles. The van der Waals surface area contributed by atoms with Crippen molar-refractivity contribution in [2.24, 2.45) is 0 Å². The largest absolute Gasteiger partial charge is 0.339 e. The predicted octanol–water partition coefficient (Wildman–Crippen LogP) is 3.05. The van der Waals surface area contributed by atoms with Gasteiger partial charge in [-0.15, -0.1) is 11.3 Å². The van der Waals surface area contributed by atoms with Crippen LogP contribution in [0.1, 0.15) is 36.9 Å². The van der Waals surface area contributed by atoms with Crippen molar-refractivity contribution in [3.05, 3.63) is 69.3 Å². The number of aromatic nitrogens is 2. The highest BCUT2D eigenvalue weighted by Crippen LogP contribution is 2.43. The van der Waals surface area contributed by atoms with Gasteiger partial charge in [-0.25, -0.2) is 9.37 Å². The first-order valence-corrected chi connectivity index (χ1v) is 11.7. The molecule has 1 amide bonds. The normalized spacial score (nSPS) is 19.2. The molecule has 6 nitrogen and oxygen atoms in total. The van der Waals surface area contributed by atoms with Gasteiger partial charge in [0, 0.05) is 50.4 Å². The Morgan fingerprint density at radius 2 is 1.90 bits per heavy atom. The molecule has 1 aromatic carbocycles. The van der Waals surface area contributed by atoms with Crippen LogP contribution in [0.2, 0.25) is 0 Å². The van der Waals surface area contributed by atoms with Crippen LogP contribution in [0.15, 0.2) is 46.7 Å². The van der Waals surface area contributed by atoms with Crippen LogP contribution in [0.5, 0.6) is 0 Å². The smallest absolute Gasteiger partial charge is 0.258 e. The van der Waals surface area contributed by atoms with Crippen LogP contribution in [-0.2, 0) is 16.8 Å². The first kappa shape index (κ1) is 20.3. The first-order valence-electron chi connectivity index (χ1n) is 10.8. The number of hydrogen-bond acceptors (Lipinski definition) is 5. The third kappa shape index (κ3) is 3.78. The average Bonchev–Trinajstić information content (AvgIpc) is 3.45. The van der Waals surface area contributed by atoms with E-state index in [-0.39, 0.29) is 17.3 Å². The number of halogens is 1. The minimum atomic E-state index is -0.593. The number of carbonyl (C=O) groups excluding carboxylic acids is 1. The van der Waals surface area contributed by atoms with Crippen molar-refractivity contribution in [1.29, 1.82) is 0 Å². The lowest BCUT2D eigenvalue weighted by Gasteiger charge is -2.40. The Morgan fingerprint density at radius 3 is 2.65 bits per heavy atom. The fourth-order valence-corrected chi connectivity index (χ4v) is 5.74. The molecule has 2 aliphatic rings. The zero-order valence-corrected chi connectivity index (χ0v) is 18.1. The summed E-state index contributed by atoms with van der Waals surface area (Å²) in [5.41, 5.74) is 0.920. The maximum atomic E-state index is 13.9. The van der Waals surface area contributed by atoms with Crippen LogP contribution in [0, 0.1) is 5.82 Å². The Labute approximate surface area is 183 Å². The van der Waals surface area contributed by atoms with Crippen molar-refractivity contribution in [3.8, 4) is 0 Å². The van der Waals surface area contributed by atoms with Crippen molar-refractivity contribution < 1.29 is 9.18 Å². The highest BCUT2D eigenvalue weighted by atomic mass is 32.1. The van der Waals surface area contributed by atoms with Crippen LogP contribution in [0.4, 0.5) is 4.39 Å². The molecule has 0 radical (unpaired) electrons. The van der Waals surface area contributed by atoms with Crippen molar-refractivity contribution >= 4 is 22.2 Å². The summed E-state index contributed by atoms with van der Waals surface area (Å²) in [5.74, 6) is -0.154. The molecule has 0 spiro atoms. The number of benzene rings is 1. The number of hydrogen-bond donors (Lipinski definition) is 0. The Bertz CT molecular complexity index is 1160. The summed E-state index contributed by atoms with van der Waals surface area (Å²) in [7, 11) is 0. The number of piperazine rings is 1. The molecule has 3 aromatic rings. The molecule has 0 bridgehead atoms. The van der Waals surface area contributed by atoms with Crippen molar-refractivity contribution in [2.45, 2.75) is 37.6 Å². The lowest BCUT2D eigenvalue weighted by atomic mass is 9.77.